The van der Waals surface area contributed by atoms with Gasteiger partial charge in [0.2, 0.25) is 10.0 Å². The van der Waals surface area contributed by atoms with Crippen LogP contribution in [0.4, 0.5) is 0 Å². The standard InChI is InChI=1S/C10H15NO2S.C2H6/c1-9-6-4-5-7-10(9)8-11(2)14(3,12)13;1-2/h4-7H,8H2,1-3H3;1-2H3. The maximum absolute atomic E-state index is 11.2. The van der Waals surface area contributed by atoms with Crippen molar-refractivity contribution in [2.24, 2.45) is 0 Å². The average molecular weight is 243 g/mol. The summed E-state index contributed by atoms with van der Waals surface area (Å²) < 4.78 is 23.7. The molecule has 0 spiro atoms. The van der Waals surface area contributed by atoms with Crippen LogP contribution in [0.5, 0.6) is 0 Å². The first-order valence-corrected chi connectivity index (χ1v) is 7.22. The fourth-order valence-corrected chi connectivity index (χ4v) is 1.52. The van der Waals surface area contributed by atoms with E-state index in [-0.39, 0.29) is 0 Å². The molecular weight excluding hydrogens is 222 g/mol. The quantitative estimate of drug-likeness (QED) is 0.817. The summed E-state index contributed by atoms with van der Waals surface area (Å²) in [6.07, 6.45) is 1.21. The Kier molecular flexibility index (Phi) is 6.29. The van der Waals surface area contributed by atoms with E-state index >= 15 is 0 Å². The molecule has 0 aliphatic carbocycles. The number of aryl methyl sites for hydroxylation is 1. The maximum atomic E-state index is 11.2. The predicted octanol–water partition coefficient (Wildman–Crippen LogP) is 2.41. The van der Waals surface area contributed by atoms with Crippen molar-refractivity contribution in [3.8, 4) is 0 Å². The van der Waals surface area contributed by atoms with E-state index in [2.05, 4.69) is 0 Å². The molecule has 4 heteroatoms. The molecule has 3 nitrogen and oxygen atoms in total. The van der Waals surface area contributed by atoms with Crippen LogP contribution in [-0.2, 0) is 16.6 Å². The van der Waals surface area contributed by atoms with Gasteiger partial charge in [-0.15, -0.1) is 0 Å². The van der Waals surface area contributed by atoms with E-state index in [0.717, 1.165) is 11.1 Å². The lowest BCUT2D eigenvalue weighted by atomic mass is 10.1. The van der Waals surface area contributed by atoms with Crippen LogP contribution < -0.4 is 0 Å². The first-order valence-electron chi connectivity index (χ1n) is 5.37. The number of rotatable bonds is 3. The van der Waals surface area contributed by atoms with Gasteiger partial charge in [-0.05, 0) is 18.1 Å². The van der Waals surface area contributed by atoms with Crippen molar-refractivity contribution in [2.45, 2.75) is 27.3 Å². The minimum Gasteiger partial charge on any atom is -0.213 e. The van der Waals surface area contributed by atoms with Crippen molar-refractivity contribution in [3.05, 3.63) is 35.4 Å². The van der Waals surface area contributed by atoms with Crippen LogP contribution in [0.3, 0.4) is 0 Å². The second-order valence-electron chi connectivity index (χ2n) is 3.45. The summed E-state index contributed by atoms with van der Waals surface area (Å²) in [7, 11) is -1.50. The molecule has 0 aromatic heterocycles. The highest BCUT2D eigenvalue weighted by molar-refractivity contribution is 7.88. The third-order valence-electron chi connectivity index (χ3n) is 2.22. The molecule has 0 radical (unpaired) electrons. The molecule has 0 saturated heterocycles. The molecule has 0 heterocycles. The third kappa shape index (κ3) is 4.77. The van der Waals surface area contributed by atoms with E-state index in [0.29, 0.717) is 6.54 Å². The Bertz CT molecular complexity index is 413. The van der Waals surface area contributed by atoms with Crippen LogP contribution >= 0.6 is 0 Å². The van der Waals surface area contributed by atoms with Crippen LogP contribution in [0.25, 0.3) is 0 Å². The normalized spacial score (nSPS) is 10.9. The van der Waals surface area contributed by atoms with E-state index < -0.39 is 10.0 Å². The summed E-state index contributed by atoms with van der Waals surface area (Å²) in [5.74, 6) is 0. The summed E-state index contributed by atoms with van der Waals surface area (Å²) in [5, 5.41) is 0. The Balaban J connectivity index is 0.00000106. The molecule has 0 unspecified atom stereocenters. The van der Waals surface area contributed by atoms with Gasteiger partial charge in [-0.1, -0.05) is 38.1 Å². The average Bonchev–Trinajstić information content (AvgIpc) is 2.23. The van der Waals surface area contributed by atoms with Crippen molar-refractivity contribution >= 4 is 10.0 Å². The highest BCUT2D eigenvalue weighted by Gasteiger charge is 2.11. The summed E-state index contributed by atoms with van der Waals surface area (Å²) >= 11 is 0. The number of nitrogens with zero attached hydrogens (tertiary/aromatic N) is 1. The van der Waals surface area contributed by atoms with Gasteiger partial charge in [-0.3, -0.25) is 0 Å². The van der Waals surface area contributed by atoms with Crippen molar-refractivity contribution in [3.63, 3.8) is 0 Å². The van der Waals surface area contributed by atoms with Gasteiger partial charge in [0, 0.05) is 13.6 Å². The molecule has 16 heavy (non-hydrogen) atoms. The molecule has 0 aliphatic heterocycles. The Morgan fingerprint density at radius 2 is 1.69 bits per heavy atom. The van der Waals surface area contributed by atoms with Gasteiger partial charge in [-0.2, -0.15) is 0 Å². The molecule has 0 amide bonds. The minimum atomic E-state index is -3.08. The van der Waals surface area contributed by atoms with Crippen LogP contribution in [0, 0.1) is 6.92 Å². The highest BCUT2D eigenvalue weighted by atomic mass is 32.2. The molecule has 0 aliphatic rings. The topological polar surface area (TPSA) is 37.4 Å². The number of hydrogen-bond acceptors (Lipinski definition) is 2. The van der Waals surface area contributed by atoms with Gasteiger partial charge in [0.1, 0.15) is 0 Å². The van der Waals surface area contributed by atoms with Crippen LogP contribution in [0.15, 0.2) is 24.3 Å². The van der Waals surface area contributed by atoms with E-state index in [1.807, 2.05) is 45.0 Å². The predicted molar refractivity (Wildman–Crippen MR) is 68.8 cm³/mol. The maximum Gasteiger partial charge on any atom is 0.211 e. The molecule has 0 saturated carbocycles. The Morgan fingerprint density at radius 3 is 2.12 bits per heavy atom. The van der Waals surface area contributed by atoms with Gasteiger partial charge >= 0.3 is 0 Å². The second-order valence-corrected chi connectivity index (χ2v) is 5.53. The van der Waals surface area contributed by atoms with Crippen LogP contribution in [0.2, 0.25) is 0 Å². The number of benzene rings is 1. The molecule has 1 aromatic rings. The van der Waals surface area contributed by atoms with Crippen molar-refractivity contribution in [2.75, 3.05) is 13.3 Å². The van der Waals surface area contributed by atoms with Gasteiger partial charge < -0.3 is 0 Å². The van der Waals surface area contributed by atoms with E-state index in [9.17, 15) is 8.42 Å². The van der Waals surface area contributed by atoms with Crippen LogP contribution in [0.1, 0.15) is 25.0 Å². The molecule has 0 N–H and O–H groups in total. The van der Waals surface area contributed by atoms with Gasteiger partial charge in [-0.25, -0.2) is 12.7 Å². The zero-order valence-corrected chi connectivity index (χ0v) is 11.5. The first kappa shape index (κ1) is 15.1. The minimum absolute atomic E-state index is 0.436. The van der Waals surface area contributed by atoms with Crippen molar-refractivity contribution in [1.82, 2.24) is 4.31 Å². The lowest BCUT2D eigenvalue weighted by Gasteiger charge is -2.15. The molecule has 1 aromatic carbocycles. The Labute approximate surface area is 99.1 Å². The third-order valence-corrected chi connectivity index (χ3v) is 3.48. The lowest BCUT2D eigenvalue weighted by Crippen LogP contribution is -2.25. The molecule has 0 atom stereocenters. The van der Waals surface area contributed by atoms with Crippen LogP contribution in [-0.4, -0.2) is 26.0 Å². The molecule has 92 valence electrons. The summed E-state index contributed by atoms with van der Waals surface area (Å²) in [6.45, 7) is 6.41. The molecule has 0 fully saturated rings. The fraction of sp³-hybridized carbons (Fsp3) is 0.500. The van der Waals surface area contributed by atoms with Crippen molar-refractivity contribution < 1.29 is 8.42 Å². The largest absolute Gasteiger partial charge is 0.213 e. The first-order chi connectivity index (χ1) is 7.41. The van der Waals surface area contributed by atoms with Gasteiger partial charge in [0.05, 0.1) is 6.26 Å². The summed E-state index contributed by atoms with van der Waals surface area (Å²) in [5.41, 5.74) is 2.16. The molecular formula is C12H21NO2S. The highest BCUT2D eigenvalue weighted by Crippen LogP contribution is 2.10. The number of hydrogen-bond donors (Lipinski definition) is 0. The Morgan fingerprint density at radius 1 is 1.19 bits per heavy atom. The fourth-order valence-electron chi connectivity index (χ4n) is 1.14. The number of sulfonamides is 1. The lowest BCUT2D eigenvalue weighted by molar-refractivity contribution is 0.471. The van der Waals surface area contributed by atoms with Gasteiger partial charge in [0.15, 0.2) is 0 Å². The van der Waals surface area contributed by atoms with E-state index in [1.165, 1.54) is 10.6 Å². The monoisotopic (exact) mass is 243 g/mol. The van der Waals surface area contributed by atoms with Crippen molar-refractivity contribution in [1.29, 1.82) is 0 Å². The Hall–Kier alpha value is -0.870. The summed E-state index contributed by atoms with van der Waals surface area (Å²) in [6, 6.07) is 7.78. The van der Waals surface area contributed by atoms with Gasteiger partial charge in [0.25, 0.3) is 0 Å². The second kappa shape index (κ2) is 6.66. The molecule has 1 rings (SSSR count). The van der Waals surface area contributed by atoms with E-state index in [1.54, 1.807) is 7.05 Å². The zero-order chi connectivity index (χ0) is 12.8. The zero-order valence-electron chi connectivity index (χ0n) is 10.7. The van der Waals surface area contributed by atoms with E-state index in [4.69, 9.17) is 0 Å². The molecule has 0 bridgehead atoms. The smallest absolute Gasteiger partial charge is 0.211 e. The summed E-state index contributed by atoms with van der Waals surface area (Å²) in [4.78, 5) is 0. The SMILES string of the molecule is CC.Cc1ccccc1CN(C)S(C)(=O)=O.